The third-order valence-electron chi connectivity index (χ3n) is 3.75. The van der Waals surface area contributed by atoms with Gasteiger partial charge in [0.1, 0.15) is 0 Å². The van der Waals surface area contributed by atoms with E-state index < -0.39 is 0 Å². The zero-order valence-corrected chi connectivity index (χ0v) is 17.5. The van der Waals surface area contributed by atoms with E-state index in [1.165, 1.54) is 4.90 Å². The molecule has 2 amide bonds. The molecule has 0 spiro atoms. The number of guanidine groups is 1. The fourth-order valence-electron chi connectivity index (χ4n) is 2.96. The summed E-state index contributed by atoms with van der Waals surface area (Å²) in [7, 11) is 5.08. The molecular formula is C15H30IN5O2. The van der Waals surface area contributed by atoms with Gasteiger partial charge in [0, 0.05) is 33.7 Å². The number of rotatable bonds is 3. The SMILES string of the molecule is CN=C(NCC(=O)N(C)C)N1CC(=O)N(C(C)C)C(C)(C)C1.I. The van der Waals surface area contributed by atoms with Gasteiger partial charge in [-0.3, -0.25) is 14.6 Å². The maximum atomic E-state index is 12.5. The van der Waals surface area contributed by atoms with E-state index >= 15 is 0 Å². The van der Waals surface area contributed by atoms with Crippen molar-refractivity contribution in [1.82, 2.24) is 20.0 Å². The molecule has 1 heterocycles. The molecule has 0 aromatic rings. The van der Waals surface area contributed by atoms with E-state index in [-0.39, 0.29) is 60.5 Å². The van der Waals surface area contributed by atoms with Crippen LogP contribution in [0.1, 0.15) is 27.7 Å². The quantitative estimate of drug-likeness (QED) is 0.398. The fraction of sp³-hybridized carbons (Fsp3) is 0.800. The number of amides is 2. The van der Waals surface area contributed by atoms with Gasteiger partial charge < -0.3 is 20.0 Å². The van der Waals surface area contributed by atoms with Crippen molar-refractivity contribution in [3.05, 3.63) is 0 Å². The summed E-state index contributed by atoms with van der Waals surface area (Å²) in [5.74, 6) is 0.626. The molecule has 1 N–H and O–H groups in total. The minimum atomic E-state index is -0.285. The predicted molar refractivity (Wildman–Crippen MR) is 103 cm³/mol. The van der Waals surface area contributed by atoms with Gasteiger partial charge >= 0.3 is 0 Å². The second-order valence-electron chi connectivity index (χ2n) is 6.71. The van der Waals surface area contributed by atoms with Crippen LogP contribution in [0.2, 0.25) is 0 Å². The number of carbonyl (C=O) groups excluding carboxylic acids is 2. The summed E-state index contributed by atoms with van der Waals surface area (Å²) in [5.41, 5.74) is -0.285. The second-order valence-corrected chi connectivity index (χ2v) is 6.71. The molecule has 0 aromatic heterocycles. The number of nitrogens with one attached hydrogen (secondary N) is 1. The van der Waals surface area contributed by atoms with Crippen LogP contribution < -0.4 is 5.32 Å². The number of halogens is 1. The van der Waals surface area contributed by atoms with Crippen LogP contribution in [0.5, 0.6) is 0 Å². The highest BCUT2D eigenvalue weighted by atomic mass is 127. The Hall–Kier alpha value is -1.06. The molecule has 8 heteroatoms. The number of piperazine rings is 1. The summed E-state index contributed by atoms with van der Waals surface area (Å²) in [6.45, 7) is 9.27. The van der Waals surface area contributed by atoms with E-state index in [0.29, 0.717) is 12.5 Å². The molecule has 0 unspecified atom stereocenters. The highest BCUT2D eigenvalue weighted by molar-refractivity contribution is 14.0. The highest BCUT2D eigenvalue weighted by Gasteiger charge is 2.40. The van der Waals surface area contributed by atoms with Gasteiger partial charge in [-0.15, -0.1) is 24.0 Å². The van der Waals surface area contributed by atoms with E-state index in [1.807, 2.05) is 23.6 Å². The van der Waals surface area contributed by atoms with Crippen LogP contribution in [0.25, 0.3) is 0 Å². The first-order chi connectivity index (χ1) is 10.1. The molecule has 134 valence electrons. The molecule has 23 heavy (non-hydrogen) atoms. The lowest BCUT2D eigenvalue weighted by Crippen LogP contribution is -2.66. The lowest BCUT2D eigenvalue weighted by Gasteiger charge is -2.49. The Balaban J connectivity index is 0.00000484. The Labute approximate surface area is 156 Å². The zero-order chi connectivity index (χ0) is 17.1. The summed E-state index contributed by atoms with van der Waals surface area (Å²) in [6, 6.07) is 0.162. The van der Waals surface area contributed by atoms with Crippen molar-refractivity contribution in [3.8, 4) is 0 Å². The molecule has 0 atom stereocenters. The van der Waals surface area contributed by atoms with Crippen molar-refractivity contribution in [1.29, 1.82) is 0 Å². The summed E-state index contributed by atoms with van der Waals surface area (Å²) in [6.07, 6.45) is 0. The van der Waals surface area contributed by atoms with Gasteiger partial charge in [-0.25, -0.2) is 0 Å². The molecule has 0 aliphatic carbocycles. The molecule has 1 aliphatic heterocycles. The fourth-order valence-corrected chi connectivity index (χ4v) is 2.96. The van der Waals surface area contributed by atoms with Crippen molar-refractivity contribution in [2.45, 2.75) is 39.3 Å². The molecule has 0 saturated carbocycles. The topological polar surface area (TPSA) is 68.2 Å². The first-order valence-corrected chi connectivity index (χ1v) is 7.58. The van der Waals surface area contributed by atoms with Gasteiger partial charge in [0.15, 0.2) is 5.96 Å². The molecule has 0 radical (unpaired) electrons. The van der Waals surface area contributed by atoms with Gasteiger partial charge in [-0.2, -0.15) is 0 Å². The van der Waals surface area contributed by atoms with Crippen LogP contribution in [0.3, 0.4) is 0 Å². The van der Waals surface area contributed by atoms with Crippen molar-refractivity contribution in [2.24, 2.45) is 4.99 Å². The van der Waals surface area contributed by atoms with Gasteiger partial charge in [0.05, 0.1) is 18.6 Å². The first kappa shape index (κ1) is 21.9. The van der Waals surface area contributed by atoms with Crippen molar-refractivity contribution >= 4 is 41.8 Å². The third-order valence-corrected chi connectivity index (χ3v) is 3.75. The monoisotopic (exact) mass is 439 g/mol. The zero-order valence-electron chi connectivity index (χ0n) is 15.2. The van der Waals surface area contributed by atoms with Gasteiger partial charge in [-0.1, -0.05) is 0 Å². The average molecular weight is 439 g/mol. The van der Waals surface area contributed by atoms with E-state index in [2.05, 4.69) is 24.2 Å². The number of hydrogen-bond acceptors (Lipinski definition) is 3. The minimum Gasteiger partial charge on any atom is -0.347 e. The van der Waals surface area contributed by atoms with Crippen molar-refractivity contribution in [2.75, 3.05) is 40.8 Å². The third kappa shape index (κ3) is 5.50. The summed E-state index contributed by atoms with van der Waals surface area (Å²) in [4.78, 5) is 33.7. The Morgan fingerprint density at radius 3 is 2.35 bits per heavy atom. The second kappa shape index (κ2) is 8.70. The van der Waals surface area contributed by atoms with Gasteiger partial charge in [0.2, 0.25) is 11.8 Å². The number of hydrogen-bond donors (Lipinski definition) is 1. The lowest BCUT2D eigenvalue weighted by molar-refractivity contribution is -0.145. The lowest BCUT2D eigenvalue weighted by atomic mass is 9.96. The maximum absolute atomic E-state index is 12.5. The summed E-state index contributed by atoms with van der Waals surface area (Å²) in [5, 5.41) is 3.04. The van der Waals surface area contributed by atoms with Crippen LogP contribution in [-0.4, -0.2) is 84.8 Å². The largest absolute Gasteiger partial charge is 0.347 e. The molecule has 0 bridgehead atoms. The van der Waals surface area contributed by atoms with Crippen molar-refractivity contribution in [3.63, 3.8) is 0 Å². The van der Waals surface area contributed by atoms with E-state index in [1.54, 1.807) is 21.1 Å². The Morgan fingerprint density at radius 1 is 1.39 bits per heavy atom. The van der Waals surface area contributed by atoms with Crippen molar-refractivity contribution < 1.29 is 9.59 Å². The standard InChI is InChI=1S/C15H29N5O2.HI/c1-11(2)20-13(22)9-19(10-15(20,3)4)14(16-5)17-8-12(21)18(6)7;/h11H,8-10H2,1-7H3,(H,16,17);1H. The highest BCUT2D eigenvalue weighted by Crippen LogP contribution is 2.24. The predicted octanol–water partition coefficient (Wildman–Crippen LogP) is 0.599. The number of nitrogens with zero attached hydrogens (tertiary/aromatic N) is 4. The molecule has 0 aromatic carbocycles. The normalized spacial score (nSPS) is 17.9. The first-order valence-electron chi connectivity index (χ1n) is 7.58. The molecular weight excluding hydrogens is 409 g/mol. The van der Waals surface area contributed by atoms with Crippen LogP contribution in [0.4, 0.5) is 0 Å². The maximum Gasteiger partial charge on any atom is 0.242 e. The number of carbonyl (C=O) groups is 2. The Morgan fingerprint density at radius 2 is 1.96 bits per heavy atom. The van der Waals surface area contributed by atoms with E-state index in [4.69, 9.17) is 0 Å². The molecule has 1 saturated heterocycles. The number of aliphatic imine (C=N–C) groups is 1. The van der Waals surface area contributed by atoms with Crippen LogP contribution in [0, 0.1) is 0 Å². The molecule has 1 aliphatic rings. The molecule has 7 nitrogen and oxygen atoms in total. The smallest absolute Gasteiger partial charge is 0.242 e. The van der Waals surface area contributed by atoms with Crippen LogP contribution in [0.15, 0.2) is 4.99 Å². The summed E-state index contributed by atoms with van der Waals surface area (Å²) < 4.78 is 0. The average Bonchev–Trinajstić information content (AvgIpc) is 2.36. The number of likely N-dealkylation sites (N-methyl/N-ethyl adjacent to an activating group) is 1. The van der Waals surface area contributed by atoms with Gasteiger partial charge in [0.25, 0.3) is 0 Å². The van der Waals surface area contributed by atoms with Gasteiger partial charge in [-0.05, 0) is 27.7 Å². The molecule has 1 fully saturated rings. The summed E-state index contributed by atoms with van der Waals surface area (Å²) >= 11 is 0. The van der Waals surface area contributed by atoms with Crippen LogP contribution >= 0.6 is 24.0 Å². The van der Waals surface area contributed by atoms with E-state index in [9.17, 15) is 9.59 Å². The van der Waals surface area contributed by atoms with E-state index in [0.717, 1.165) is 0 Å². The molecule has 1 rings (SSSR count). The van der Waals surface area contributed by atoms with Crippen LogP contribution in [-0.2, 0) is 9.59 Å². The Bertz CT molecular complexity index is 463. The Kier molecular flexibility index (Phi) is 8.30. The minimum absolute atomic E-state index is 0.